The number of carboxylic acids is 1. The van der Waals surface area contributed by atoms with E-state index >= 15 is 0 Å². The Kier molecular flexibility index (Phi) is 4.67. The van der Waals surface area contributed by atoms with Crippen molar-refractivity contribution in [1.82, 2.24) is 4.98 Å². The van der Waals surface area contributed by atoms with E-state index in [1.807, 2.05) is 30.3 Å². The number of benzene rings is 2. The second kappa shape index (κ2) is 7.27. The molecule has 0 atom stereocenters. The zero-order chi connectivity index (χ0) is 18.8. The van der Waals surface area contributed by atoms with Gasteiger partial charge >= 0.3 is 5.97 Å². The highest BCUT2D eigenvalue weighted by Crippen LogP contribution is 2.29. The molecule has 0 bridgehead atoms. The van der Waals surface area contributed by atoms with Crippen LogP contribution in [0.5, 0.6) is 5.75 Å². The van der Waals surface area contributed by atoms with Gasteiger partial charge in [0.05, 0.1) is 18.5 Å². The van der Waals surface area contributed by atoms with Crippen LogP contribution >= 0.6 is 0 Å². The summed E-state index contributed by atoms with van der Waals surface area (Å²) in [6, 6.07) is 18.4. The molecule has 0 radical (unpaired) electrons. The molecule has 0 saturated carbocycles. The van der Waals surface area contributed by atoms with Crippen LogP contribution in [0.25, 0.3) is 22.0 Å². The average molecular weight is 362 g/mol. The normalized spacial score (nSPS) is 15.1. The van der Waals surface area contributed by atoms with Crippen molar-refractivity contribution in [2.24, 2.45) is 5.92 Å². The Morgan fingerprint density at radius 3 is 2.59 bits per heavy atom. The first kappa shape index (κ1) is 17.3. The first-order chi connectivity index (χ1) is 13.1. The highest BCUT2D eigenvalue weighted by Gasteiger charge is 2.25. The molecule has 5 nitrogen and oxygen atoms in total. The van der Waals surface area contributed by atoms with Crippen molar-refractivity contribution < 1.29 is 14.6 Å². The van der Waals surface area contributed by atoms with Crippen molar-refractivity contribution in [3.05, 3.63) is 54.6 Å². The smallest absolute Gasteiger partial charge is 0.306 e. The van der Waals surface area contributed by atoms with Crippen molar-refractivity contribution in [3.8, 4) is 16.9 Å². The summed E-state index contributed by atoms with van der Waals surface area (Å²) in [5.74, 6) is 0.838. The molecule has 27 heavy (non-hydrogen) atoms. The number of nitrogens with zero attached hydrogens (tertiary/aromatic N) is 2. The van der Waals surface area contributed by atoms with E-state index in [1.165, 1.54) is 0 Å². The lowest BCUT2D eigenvalue weighted by molar-refractivity contribution is -0.142. The molecule has 4 rings (SSSR count). The predicted molar refractivity (Wildman–Crippen MR) is 106 cm³/mol. The molecule has 1 N–H and O–H groups in total. The number of pyridine rings is 1. The number of fused-ring (bicyclic) bond motifs is 1. The molecule has 1 fully saturated rings. The van der Waals surface area contributed by atoms with Crippen molar-refractivity contribution in [3.63, 3.8) is 0 Å². The SMILES string of the molecule is COc1cccc(-c2ccc3nc(N4CCC(C(=O)O)CC4)ccc3c2)c1. The maximum absolute atomic E-state index is 11.1. The lowest BCUT2D eigenvalue weighted by atomic mass is 9.97. The third-order valence-corrected chi connectivity index (χ3v) is 5.25. The summed E-state index contributed by atoms with van der Waals surface area (Å²) in [6.07, 6.45) is 1.34. The summed E-state index contributed by atoms with van der Waals surface area (Å²) in [6.45, 7) is 1.47. The molecule has 3 aromatic rings. The van der Waals surface area contributed by atoms with Gasteiger partial charge in [0, 0.05) is 18.5 Å². The lowest BCUT2D eigenvalue weighted by Gasteiger charge is -2.31. The Morgan fingerprint density at radius 1 is 1.07 bits per heavy atom. The molecular weight excluding hydrogens is 340 g/mol. The molecule has 138 valence electrons. The highest BCUT2D eigenvalue weighted by molar-refractivity contribution is 5.86. The minimum atomic E-state index is -0.689. The number of hydrogen-bond donors (Lipinski definition) is 1. The third-order valence-electron chi connectivity index (χ3n) is 5.25. The number of carboxylic acid groups (broad SMARTS) is 1. The number of carbonyl (C=O) groups is 1. The second-order valence-corrected chi connectivity index (χ2v) is 6.91. The van der Waals surface area contributed by atoms with Crippen LogP contribution < -0.4 is 9.64 Å². The van der Waals surface area contributed by atoms with Gasteiger partial charge in [0.15, 0.2) is 0 Å². The highest BCUT2D eigenvalue weighted by atomic mass is 16.5. The fourth-order valence-corrected chi connectivity index (χ4v) is 3.63. The van der Waals surface area contributed by atoms with Crippen LogP contribution in [0.3, 0.4) is 0 Å². The third kappa shape index (κ3) is 3.58. The molecule has 2 heterocycles. The molecular formula is C22H22N2O3. The van der Waals surface area contributed by atoms with Crippen LogP contribution in [0.2, 0.25) is 0 Å². The summed E-state index contributed by atoms with van der Waals surface area (Å²) < 4.78 is 5.31. The maximum atomic E-state index is 11.1. The van der Waals surface area contributed by atoms with Gasteiger partial charge in [-0.2, -0.15) is 0 Å². The van der Waals surface area contributed by atoms with E-state index < -0.39 is 5.97 Å². The van der Waals surface area contributed by atoms with Gasteiger partial charge in [0.1, 0.15) is 11.6 Å². The van der Waals surface area contributed by atoms with E-state index in [4.69, 9.17) is 14.8 Å². The molecule has 2 aromatic carbocycles. The summed E-state index contributed by atoms with van der Waals surface area (Å²) in [7, 11) is 1.67. The van der Waals surface area contributed by atoms with E-state index in [2.05, 4.69) is 29.2 Å². The number of hydrogen-bond acceptors (Lipinski definition) is 4. The molecule has 0 amide bonds. The van der Waals surface area contributed by atoms with E-state index in [0.29, 0.717) is 12.8 Å². The summed E-state index contributed by atoms with van der Waals surface area (Å²) in [5.41, 5.74) is 3.17. The Labute approximate surface area is 158 Å². The molecule has 0 spiro atoms. The number of rotatable bonds is 4. The Bertz CT molecular complexity index is 978. The molecule has 1 aromatic heterocycles. The first-order valence-electron chi connectivity index (χ1n) is 9.17. The fraction of sp³-hybridized carbons (Fsp3) is 0.273. The van der Waals surface area contributed by atoms with Crippen LogP contribution in [-0.4, -0.2) is 36.3 Å². The van der Waals surface area contributed by atoms with Crippen molar-refractivity contribution in [1.29, 1.82) is 0 Å². The van der Waals surface area contributed by atoms with E-state index in [1.54, 1.807) is 7.11 Å². The van der Waals surface area contributed by atoms with E-state index in [0.717, 1.165) is 46.7 Å². The molecule has 0 unspecified atom stereocenters. The minimum absolute atomic E-state index is 0.230. The number of aromatic nitrogens is 1. The van der Waals surface area contributed by atoms with Gasteiger partial charge in [0.2, 0.25) is 0 Å². The van der Waals surface area contributed by atoms with Gasteiger partial charge in [0.25, 0.3) is 0 Å². The monoisotopic (exact) mass is 362 g/mol. The number of piperidine rings is 1. The Hall–Kier alpha value is -3.08. The van der Waals surface area contributed by atoms with Crippen LogP contribution in [-0.2, 0) is 4.79 Å². The van der Waals surface area contributed by atoms with Gasteiger partial charge < -0.3 is 14.7 Å². The molecule has 0 aliphatic carbocycles. The largest absolute Gasteiger partial charge is 0.497 e. The second-order valence-electron chi connectivity index (χ2n) is 6.91. The lowest BCUT2D eigenvalue weighted by Crippen LogP contribution is -2.36. The maximum Gasteiger partial charge on any atom is 0.306 e. The molecule has 1 aliphatic heterocycles. The summed E-state index contributed by atoms with van der Waals surface area (Å²) in [4.78, 5) is 18.1. The summed E-state index contributed by atoms with van der Waals surface area (Å²) in [5, 5.41) is 10.2. The van der Waals surface area contributed by atoms with Gasteiger partial charge in [-0.25, -0.2) is 4.98 Å². The van der Waals surface area contributed by atoms with Crippen LogP contribution in [0.1, 0.15) is 12.8 Å². The van der Waals surface area contributed by atoms with Gasteiger partial charge in [-0.1, -0.05) is 18.2 Å². The number of anilines is 1. The topological polar surface area (TPSA) is 62.7 Å². The van der Waals surface area contributed by atoms with Crippen molar-refractivity contribution >= 4 is 22.7 Å². The minimum Gasteiger partial charge on any atom is -0.497 e. The standard InChI is InChI=1S/C22H22N2O3/c1-27-19-4-2-3-16(14-19)17-5-7-20-18(13-17)6-8-21(23-20)24-11-9-15(10-12-24)22(25)26/h2-8,13-15H,9-12H2,1H3,(H,25,26). The molecule has 1 saturated heterocycles. The van der Waals surface area contributed by atoms with Gasteiger partial charge in [-0.05, 0) is 60.4 Å². The van der Waals surface area contributed by atoms with E-state index in [9.17, 15) is 4.79 Å². The zero-order valence-electron chi connectivity index (χ0n) is 15.3. The Morgan fingerprint density at radius 2 is 1.85 bits per heavy atom. The zero-order valence-corrected chi connectivity index (χ0v) is 15.3. The molecule has 1 aliphatic rings. The van der Waals surface area contributed by atoms with Crippen LogP contribution in [0.15, 0.2) is 54.6 Å². The quantitative estimate of drug-likeness (QED) is 0.753. The number of aliphatic carboxylic acids is 1. The van der Waals surface area contributed by atoms with E-state index in [-0.39, 0.29) is 5.92 Å². The van der Waals surface area contributed by atoms with Crippen molar-refractivity contribution in [2.45, 2.75) is 12.8 Å². The van der Waals surface area contributed by atoms with Crippen LogP contribution in [0, 0.1) is 5.92 Å². The average Bonchev–Trinajstić information content (AvgIpc) is 2.73. The molecule has 5 heteroatoms. The summed E-state index contributed by atoms with van der Waals surface area (Å²) >= 11 is 0. The number of ether oxygens (including phenoxy) is 1. The predicted octanol–water partition coefficient (Wildman–Crippen LogP) is 4.21. The van der Waals surface area contributed by atoms with Crippen LogP contribution in [0.4, 0.5) is 5.82 Å². The first-order valence-corrected chi connectivity index (χ1v) is 9.17. The van der Waals surface area contributed by atoms with Gasteiger partial charge in [-0.15, -0.1) is 0 Å². The Balaban J connectivity index is 1.58. The fourth-order valence-electron chi connectivity index (χ4n) is 3.63. The van der Waals surface area contributed by atoms with Gasteiger partial charge in [-0.3, -0.25) is 4.79 Å². The van der Waals surface area contributed by atoms with Crippen molar-refractivity contribution in [2.75, 3.05) is 25.1 Å². The number of methoxy groups -OCH3 is 1.